The van der Waals surface area contributed by atoms with E-state index in [-0.39, 0.29) is 5.91 Å². The smallest absolute Gasteiger partial charge is 0.273 e. The standard InChI is InChI=1S/C19H27N5O3S/c1-13(2)8-10-20-19(25)18-14(3)24(22-21-18)17-7-5-6-15-12-23(28(4,26)27)11-9-16(15)17/h5-7,13H,8-12H2,1-4H3,(H,20,25). The Morgan fingerprint density at radius 1 is 1.32 bits per heavy atom. The van der Waals surface area contributed by atoms with Crippen LogP contribution in [-0.4, -0.2) is 53.0 Å². The molecule has 8 nitrogen and oxygen atoms in total. The fourth-order valence-corrected chi connectivity index (χ4v) is 4.17. The van der Waals surface area contributed by atoms with Crippen LogP contribution < -0.4 is 5.32 Å². The van der Waals surface area contributed by atoms with Crippen LogP contribution in [0.1, 0.15) is 47.6 Å². The molecule has 0 saturated heterocycles. The highest BCUT2D eigenvalue weighted by Gasteiger charge is 2.26. The monoisotopic (exact) mass is 405 g/mol. The molecule has 2 aromatic rings. The summed E-state index contributed by atoms with van der Waals surface area (Å²) in [5.41, 5.74) is 3.82. The Bertz CT molecular complexity index is 981. The van der Waals surface area contributed by atoms with Gasteiger partial charge in [-0.1, -0.05) is 31.2 Å². The number of amides is 1. The summed E-state index contributed by atoms with van der Waals surface area (Å²) < 4.78 is 26.9. The normalized spacial score (nSPS) is 14.9. The van der Waals surface area contributed by atoms with E-state index in [4.69, 9.17) is 0 Å². The van der Waals surface area contributed by atoms with Crippen molar-refractivity contribution < 1.29 is 13.2 Å². The molecule has 9 heteroatoms. The van der Waals surface area contributed by atoms with Crippen molar-refractivity contribution in [2.24, 2.45) is 5.92 Å². The van der Waals surface area contributed by atoms with Gasteiger partial charge in [-0.15, -0.1) is 5.10 Å². The van der Waals surface area contributed by atoms with Crippen molar-refractivity contribution in [3.8, 4) is 5.69 Å². The van der Waals surface area contributed by atoms with E-state index in [0.717, 1.165) is 23.2 Å². The lowest BCUT2D eigenvalue weighted by atomic mass is 9.99. The Labute approximate surface area is 166 Å². The number of benzene rings is 1. The Morgan fingerprint density at radius 2 is 2.07 bits per heavy atom. The van der Waals surface area contributed by atoms with E-state index in [9.17, 15) is 13.2 Å². The second-order valence-corrected chi connectivity index (χ2v) is 9.62. The van der Waals surface area contributed by atoms with Crippen LogP contribution in [0.15, 0.2) is 18.2 Å². The SMILES string of the molecule is Cc1c(C(=O)NCCC(C)C)nnn1-c1cccc2c1CCN(S(C)(=O)=O)C2. The molecule has 0 spiro atoms. The van der Waals surface area contributed by atoms with Gasteiger partial charge in [-0.3, -0.25) is 4.79 Å². The fourth-order valence-electron chi connectivity index (χ4n) is 3.37. The number of aromatic nitrogens is 3. The van der Waals surface area contributed by atoms with Crippen LogP contribution in [0.25, 0.3) is 5.69 Å². The second-order valence-electron chi connectivity index (χ2n) is 7.64. The molecule has 0 unspecified atom stereocenters. The van der Waals surface area contributed by atoms with Gasteiger partial charge in [0.15, 0.2) is 5.69 Å². The molecule has 1 aliphatic rings. The van der Waals surface area contributed by atoms with Gasteiger partial charge in [0.1, 0.15) is 0 Å². The Kier molecular flexibility index (Phi) is 5.85. The third kappa shape index (κ3) is 4.25. The molecule has 1 aromatic heterocycles. The number of hydrogen-bond donors (Lipinski definition) is 1. The number of nitrogens with one attached hydrogen (secondary N) is 1. The van der Waals surface area contributed by atoms with Gasteiger partial charge in [0.2, 0.25) is 10.0 Å². The predicted octanol–water partition coefficient (Wildman–Crippen LogP) is 1.67. The first-order valence-corrected chi connectivity index (χ1v) is 11.3. The first kappa shape index (κ1) is 20.5. The third-order valence-electron chi connectivity index (χ3n) is 5.02. The Morgan fingerprint density at radius 3 is 2.75 bits per heavy atom. The molecule has 28 heavy (non-hydrogen) atoms. The van der Waals surface area contributed by atoms with Crippen molar-refractivity contribution >= 4 is 15.9 Å². The van der Waals surface area contributed by atoms with Crippen molar-refractivity contribution in [1.82, 2.24) is 24.6 Å². The summed E-state index contributed by atoms with van der Waals surface area (Å²) in [6.07, 6.45) is 2.73. The molecular formula is C19H27N5O3S. The summed E-state index contributed by atoms with van der Waals surface area (Å²) in [6, 6.07) is 5.74. The summed E-state index contributed by atoms with van der Waals surface area (Å²) in [5.74, 6) is 0.289. The molecule has 0 saturated carbocycles. The third-order valence-corrected chi connectivity index (χ3v) is 6.27. The van der Waals surface area contributed by atoms with Crippen LogP contribution >= 0.6 is 0 Å². The lowest BCUT2D eigenvalue weighted by molar-refractivity contribution is 0.0946. The van der Waals surface area contributed by atoms with Crippen molar-refractivity contribution in [3.63, 3.8) is 0 Å². The summed E-state index contributed by atoms with van der Waals surface area (Å²) in [7, 11) is -3.23. The maximum atomic E-state index is 12.4. The molecule has 0 fully saturated rings. The molecule has 1 N–H and O–H groups in total. The topological polar surface area (TPSA) is 97.2 Å². The molecule has 1 aromatic carbocycles. The lowest BCUT2D eigenvalue weighted by Gasteiger charge is -2.28. The van der Waals surface area contributed by atoms with Gasteiger partial charge in [0.25, 0.3) is 5.91 Å². The van der Waals surface area contributed by atoms with Crippen LogP contribution in [0.3, 0.4) is 0 Å². The van der Waals surface area contributed by atoms with E-state index in [0.29, 0.717) is 43.4 Å². The van der Waals surface area contributed by atoms with Crippen LogP contribution in [0.4, 0.5) is 0 Å². The van der Waals surface area contributed by atoms with E-state index in [1.54, 1.807) is 4.68 Å². The summed E-state index contributed by atoms with van der Waals surface area (Å²) >= 11 is 0. The minimum atomic E-state index is -3.23. The summed E-state index contributed by atoms with van der Waals surface area (Å²) in [4.78, 5) is 12.4. The number of hydrogen-bond acceptors (Lipinski definition) is 5. The zero-order chi connectivity index (χ0) is 20.5. The van der Waals surface area contributed by atoms with Crippen molar-refractivity contribution in [2.75, 3.05) is 19.3 Å². The first-order chi connectivity index (χ1) is 13.2. The molecule has 2 heterocycles. The number of sulfonamides is 1. The van der Waals surface area contributed by atoms with E-state index in [1.807, 2.05) is 25.1 Å². The number of nitrogens with zero attached hydrogens (tertiary/aromatic N) is 4. The Balaban J connectivity index is 1.86. The summed E-state index contributed by atoms with van der Waals surface area (Å²) in [6.45, 7) is 7.42. The number of rotatable bonds is 6. The van der Waals surface area contributed by atoms with Gasteiger partial charge in [-0.05, 0) is 42.9 Å². The van der Waals surface area contributed by atoms with Gasteiger partial charge in [0, 0.05) is 19.6 Å². The van der Waals surface area contributed by atoms with Crippen molar-refractivity contribution in [2.45, 2.75) is 40.2 Å². The predicted molar refractivity (Wildman–Crippen MR) is 107 cm³/mol. The van der Waals surface area contributed by atoms with E-state index < -0.39 is 10.0 Å². The van der Waals surface area contributed by atoms with Gasteiger partial charge in [0.05, 0.1) is 17.6 Å². The van der Waals surface area contributed by atoms with Crippen LogP contribution in [0.5, 0.6) is 0 Å². The highest BCUT2D eigenvalue weighted by Crippen LogP contribution is 2.27. The quantitative estimate of drug-likeness (QED) is 0.788. The Hall–Kier alpha value is -2.26. The van der Waals surface area contributed by atoms with Crippen molar-refractivity contribution in [1.29, 1.82) is 0 Å². The van der Waals surface area contributed by atoms with E-state index >= 15 is 0 Å². The van der Waals surface area contributed by atoms with Gasteiger partial charge >= 0.3 is 0 Å². The zero-order valence-electron chi connectivity index (χ0n) is 16.8. The lowest BCUT2D eigenvalue weighted by Crippen LogP contribution is -2.35. The van der Waals surface area contributed by atoms with E-state index in [1.165, 1.54) is 10.6 Å². The molecule has 0 aliphatic carbocycles. The van der Waals surface area contributed by atoms with Crippen LogP contribution in [0, 0.1) is 12.8 Å². The number of carbonyl (C=O) groups excluding carboxylic acids is 1. The van der Waals surface area contributed by atoms with Gasteiger partial charge < -0.3 is 5.32 Å². The molecule has 0 radical (unpaired) electrons. The van der Waals surface area contributed by atoms with Crippen molar-refractivity contribution in [3.05, 3.63) is 40.7 Å². The molecule has 3 rings (SSSR count). The largest absolute Gasteiger partial charge is 0.351 e. The summed E-state index contributed by atoms with van der Waals surface area (Å²) in [5, 5.41) is 11.2. The molecule has 1 amide bonds. The van der Waals surface area contributed by atoms with E-state index in [2.05, 4.69) is 29.5 Å². The fraction of sp³-hybridized carbons (Fsp3) is 0.526. The number of fused-ring (bicyclic) bond motifs is 1. The van der Waals surface area contributed by atoms with Gasteiger partial charge in [-0.25, -0.2) is 13.1 Å². The molecule has 0 bridgehead atoms. The first-order valence-electron chi connectivity index (χ1n) is 9.45. The number of carbonyl (C=O) groups is 1. The molecular weight excluding hydrogens is 378 g/mol. The molecule has 0 atom stereocenters. The highest BCUT2D eigenvalue weighted by molar-refractivity contribution is 7.88. The average Bonchev–Trinajstić information content (AvgIpc) is 3.01. The second kappa shape index (κ2) is 8.00. The highest BCUT2D eigenvalue weighted by atomic mass is 32.2. The van der Waals surface area contributed by atoms with Crippen LogP contribution in [-0.2, 0) is 23.0 Å². The zero-order valence-corrected chi connectivity index (χ0v) is 17.6. The maximum Gasteiger partial charge on any atom is 0.273 e. The minimum Gasteiger partial charge on any atom is -0.351 e. The minimum absolute atomic E-state index is 0.225. The molecule has 1 aliphatic heterocycles. The van der Waals surface area contributed by atoms with Crippen LogP contribution in [0.2, 0.25) is 0 Å². The maximum absolute atomic E-state index is 12.4. The van der Waals surface area contributed by atoms with Gasteiger partial charge in [-0.2, -0.15) is 4.31 Å². The molecule has 152 valence electrons. The average molecular weight is 406 g/mol.